The zero-order chi connectivity index (χ0) is 10.6. The molecule has 0 aromatic rings. The van der Waals surface area contributed by atoms with E-state index in [0.29, 0.717) is 12.0 Å². The first-order valence-corrected chi connectivity index (χ1v) is 5.68. The summed E-state index contributed by atoms with van der Waals surface area (Å²) in [6.45, 7) is 0.944. The maximum absolute atomic E-state index is 11.7. The van der Waals surface area contributed by atoms with Gasteiger partial charge in [-0.2, -0.15) is 0 Å². The molecule has 0 N–H and O–H groups in total. The van der Waals surface area contributed by atoms with Crippen LogP contribution in [0.5, 0.6) is 0 Å². The number of rotatable bonds is 3. The molecule has 1 saturated heterocycles. The fourth-order valence-corrected chi connectivity index (χ4v) is 2.69. The van der Waals surface area contributed by atoms with Crippen LogP contribution in [0.3, 0.4) is 0 Å². The summed E-state index contributed by atoms with van der Waals surface area (Å²) in [6.07, 6.45) is 5.01. The molecule has 0 aromatic carbocycles. The molecule has 1 heterocycles. The molecule has 0 atom stereocenters. The molecule has 15 heavy (non-hydrogen) atoms. The maximum Gasteiger partial charge on any atom is 0.326 e. The summed E-state index contributed by atoms with van der Waals surface area (Å²) in [4.78, 5) is 26.3. The topological polar surface area (TPSA) is 40.6 Å². The highest BCUT2D eigenvalue weighted by Gasteiger charge is 2.56. The van der Waals surface area contributed by atoms with Gasteiger partial charge in [-0.25, -0.2) is 4.79 Å². The van der Waals surface area contributed by atoms with Gasteiger partial charge in [0.1, 0.15) is 6.54 Å². The van der Waals surface area contributed by atoms with Crippen molar-refractivity contribution in [2.75, 3.05) is 20.1 Å². The molecule has 3 fully saturated rings. The fraction of sp³-hybridized carbons (Fsp3) is 0.818. The number of imide groups is 1. The van der Waals surface area contributed by atoms with E-state index in [-0.39, 0.29) is 18.5 Å². The number of nitrogens with zero attached hydrogens (tertiary/aromatic N) is 2. The van der Waals surface area contributed by atoms with Crippen molar-refractivity contribution in [1.82, 2.24) is 9.80 Å². The van der Waals surface area contributed by atoms with Crippen LogP contribution in [0.1, 0.15) is 25.7 Å². The molecule has 3 rings (SSSR count). The Morgan fingerprint density at radius 2 is 2.00 bits per heavy atom. The molecule has 0 spiro atoms. The number of likely N-dealkylation sites (N-methyl/N-ethyl adjacent to an activating group) is 1. The monoisotopic (exact) mass is 208 g/mol. The van der Waals surface area contributed by atoms with Gasteiger partial charge >= 0.3 is 6.03 Å². The van der Waals surface area contributed by atoms with E-state index in [0.717, 1.165) is 5.92 Å². The Hall–Kier alpha value is -1.06. The second kappa shape index (κ2) is 2.74. The predicted molar refractivity (Wildman–Crippen MR) is 54.1 cm³/mol. The second-order valence-corrected chi connectivity index (χ2v) is 5.26. The largest absolute Gasteiger partial charge is 0.326 e. The van der Waals surface area contributed by atoms with E-state index in [1.165, 1.54) is 35.5 Å². The Morgan fingerprint density at radius 3 is 2.40 bits per heavy atom. The SMILES string of the molecule is CN1CC(=O)N(CC2(C3CC3)CC2)C1=O. The van der Waals surface area contributed by atoms with E-state index in [1.807, 2.05) is 0 Å². The second-order valence-electron chi connectivity index (χ2n) is 5.26. The number of hydrogen-bond acceptors (Lipinski definition) is 2. The van der Waals surface area contributed by atoms with E-state index in [4.69, 9.17) is 0 Å². The first-order valence-electron chi connectivity index (χ1n) is 5.68. The standard InChI is InChI=1S/C11H16N2O2/c1-12-6-9(14)13(10(12)15)7-11(4-5-11)8-2-3-8/h8H,2-7H2,1H3. The molecular formula is C11H16N2O2. The number of carbonyl (C=O) groups excluding carboxylic acids is 2. The summed E-state index contributed by atoms with van der Waals surface area (Å²) in [5.41, 5.74) is 0.330. The van der Waals surface area contributed by atoms with Gasteiger partial charge in [0, 0.05) is 13.6 Å². The third kappa shape index (κ3) is 1.34. The van der Waals surface area contributed by atoms with E-state index in [9.17, 15) is 9.59 Å². The summed E-state index contributed by atoms with van der Waals surface area (Å²) in [6, 6.07) is -0.105. The van der Waals surface area contributed by atoms with Crippen LogP contribution in [0.2, 0.25) is 0 Å². The van der Waals surface area contributed by atoms with Crippen LogP contribution in [0.4, 0.5) is 4.79 Å². The minimum absolute atomic E-state index is 0.0191. The van der Waals surface area contributed by atoms with Crippen molar-refractivity contribution in [2.24, 2.45) is 11.3 Å². The summed E-state index contributed by atoms with van der Waals surface area (Å²) in [5.74, 6) is 0.776. The van der Waals surface area contributed by atoms with Gasteiger partial charge in [0.25, 0.3) is 0 Å². The van der Waals surface area contributed by atoms with E-state index in [1.54, 1.807) is 7.05 Å². The van der Waals surface area contributed by atoms with Gasteiger partial charge in [-0.05, 0) is 37.0 Å². The quantitative estimate of drug-likeness (QED) is 0.651. The van der Waals surface area contributed by atoms with Crippen LogP contribution >= 0.6 is 0 Å². The number of amides is 3. The van der Waals surface area contributed by atoms with E-state index in [2.05, 4.69) is 0 Å². The number of carbonyl (C=O) groups is 2. The van der Waals surface area contributed by atoms with E-state index < -0.39 is 0 Å². The van der Waals surface area contributed by atoms with Gasteiger partial charge in [0.15, 0.2) is 0 Å². The molecule has 0 radical (unpaired) electrons. The molecule has 0 aromatic heterocycles. The van der Waals surface area contributed by atoms with E-state index >= 15 is 0 Å². The van der Waals surface area contributed by atoms with Crippen molar-refractivity contribution in [1.29, 1.82) is 0 Å². The summed E-state index contributed by atoms with van der Waals surface area (Å²) in [7, 11) is 1.69. The van der Waals surface area contributed by atoms with Crippen molar-refractivity contribution in [2.45, 2.75) is 25.7 Å². The predicted octanol–water partition coefficient (Wildman–Crippen LogP) is 1.07. The van der Waals surface area contributed by atoms with Crippen LogP contribution in [0.15, 0.2) is 0 Å². The van der Waals surface area contributed by atoms with Gasteiger partial charge in [0.05, 0.1) is 0 Å². The summed E-state index contributed by atoms with van der Waals surface area (Å²) >= 11 is 0. The lowest BCUT2D eigenvalue weighted by molar-refractivity contribution is -0.125. The highest BCUT2D eigenvalue weighted by Crippen LogP contribution is 2.61. The molecule has 0 bridgehead atoms. The van der Waals surface area contributed by atoms with Gasteiger partial charge < -0.3 is 4.90 Å². The molecular weight excluding hydrogens is 192 g/mol. The highest BCUT2D eigenvalue weighted by atomic mass is 16.2. The van der Waals surface area contributed by atoms with Crippen LogP contribution in [0.25, 0.3) is 0 Å². The molecule has 4 heteroatoms. The van der Waals surface area contributed by atoms with Crippen molar-refractivity contribution >= 4 is 11.9 Å². The Labute approximate surface area is 89.2 Å². The molecule has 82 valence electrons. The smallest absolute Gasteiger partial charge is 0.318 e. The van der Waals surface area contributed by atoms with Crippen molar-refractivity contribution < 1.29 is 9.59 Å². The third-order valence-corrected chi connectivity index (χ3v) is 4.04. The average molecular weight is 208 g/mol. The minimum atomic E-state index is -0.105. The van der Waals surface area contributed by atoms with Crippen LogP contribution in [-0.4, -0.2) is 41.9 Å². The van der Waals surface area contributed by atoms with Gasteiger partial charge in [-0.1, -0.05) is 0 Å². The van der Waals surface area contributed by atoms with Gasteiger partial charge in [-0.15, -0.1) is 0 Å². The molecule has 2 aliphatic carbocycles. The fourth-order valence-electron chi connectivity index (χ4n) is 2.69. The molecule has 3 aliphatic rings. The molecule has 2 saturated carbocycles. The summed E-state index contributed by atoms with van der Waals surface area (Å²) in [5, 5.41) is 0. The molecule has 3 amide bonds. The normalized spacial score (nSPS) is 28.9. The summed E-state index contributed by atoms with van der Waals surface area (Å²) < 4.78 is 0. The zero-order valence-electron chi connectivity index (χ0n) is 9.03. The molecule has 4 nitrogen and oxygen atoms in total. The zero-order valence-corrected chi connectivity index (χ0v) is 9.03. The van der Waals surface area contributed by atoms with Crippen molar-refractivity contribution in [3.8, 4) is 0 Å². The number of hydrogen-bond donors (Lipinski definition) is 0. The van der Waals surface area contributed by atoms with Crippen LogP contribution in [-0.2, 0) is 4.79 Å². The Kier molecular flexibility index (Phi) is 1.68. The number of urea groups is 1. The van der Waals surface area contributed by atoms with Crippen LogP contribution in [0, 0.1) is 11.3 Å². The Morgan fingerprint density at radius 1 is 1.33 bits per heavy atom. The highest BCUT2D eigenvalue weighted by molar-refractivity contribution is 6.01. The molecule has 1 aliphatic heterocycles. The Bertz CT molecular complexity index is 331. The lowest BCUT2D eigenvalue weighted by Gasteiger charge is -2.21. The average Bonchev–Trinajstić information content (AvgIpc) is 3.02. The lowest BCUT2D eigenvalue weighted by atomic mass is 10.0. The maximum atomic E-state index is 11.7. The molecule has 0 unspecified atom stereocenters. The first kappa shape index (κ1) is 9.19. The van der Waals surface area contributed by atoms with Gasteiger partial charge in [0.2, 0.25) is 5.91 Å². The third-order valence-electron chi connectivity index (χ3n) is 4.04. The van der Waals surface area contributed by atoms with Crippen LogP contribution < -0.4 is 0 Å². The van der Waals surface area contributed by atoms with Gasteiger partial charge in [-0.3, -0.25) is 9.69 Å². The minimum Gasteiger partial charge on any atom is -0.318 e. The Balaban J connectivity index is 1.72. The van der Waals surface area contributed by atoms with Crippen molar-refractivity contribution in [3.05, 3.63) is 0 Å². The lowest BCUT2D eigenvalue weighted by Crippen LogP contribution is -2.37. The van der Waals surface area contributed by atoms with Crippen molar-refractivity contribution in [3.63, 3.8) is 0 Å². The first-order chi connectivity index (χ1) is 7.12.